The molecule has 0 bridgehead atoms. The number of hydrogen-bond donors (Lipinski definition) is 1. The molecule has 1 atom stereocenters. The predicted molar refractivity (Wildman–Crippen MR) is 70.7 cm³/mol. The van der Waals surface area contributed by atoms with Crippen LogP contribution in [0.5, 0.6) is 0 Å². The minimum absolute atomic E-state index is 0.0643. The van der Waals surface area contributed by atoms with Crippen molar-refractivity contribution in [1.82, 2.24) is 5.32 Å². The first-order valence-electron chi connectivity index (χ1n) is 5.87. The van der Waals surface area contributed by atoms with Gasteiger partial charge in [-0.15, -0.1) is 0 Å². The van der Waals surface area contributed by atoms with Crippen molar-refractivity contribution in [2.75, 3.05) is 6.54 Å². The molecule has 0 saturated carbocycles. The van der Waals surface area contributed by atoms with Gasteiger partial charge in [0.05, 0.1) is 6.42 Å². The highest BCUT2D eigenvalue weighted by Crippen LogP contribution is 2.10. The fourth-order valence-electron chi connectivity index (χ4n) is 1.47. The Bertz CT molecular complexity index is 412. The van der Waals surface area contributed by atoms with Gasteiger partial charge in [0.2, 0.25) is 5.91 Å². The van der Waals surface area contributed by atoms with Crippen LogP contribution in [0.15, 0.2) is 18.2 Å². The molecule has 0 radical (unpaired) electrons. The van der Waals surface area contributed by atoms with Crippen LogP contribution >= 0.6 is 15.9 Å². The lowest BCUT2D eigenvalue weighted by Gasteiger charge is -2.08. The van der Waals surface area contributed by atoms with Gasteiger partial charge < -0.3 is 5.32 Å². The number of benzene rings is 1. The largest absolute Gasteiger partial charge is 0.356 e. The zero-order valence-corrected chi connectivity index (χ0v) is 11.8. The highest BCUT2D eigenvalue weighted by atomic mass is 79.9. The van der Waals surface area contributed by atoms with Crippen LogP contribution in [0, 0.1) is 11.6 Å². The minimum atomic E-state index is -0.683. The fraction of sp³-hybridized carbons (Fsp3) is 0.462. The van der Waals surface area contributed by atoms with E-state index in [4.69, 9.17) is 0 Å². The maximum Gasteiger partial charge on any atom is 0.224 e. The van der Waals surface area contributed by atoms with Crippen molar-refractivity contribution in [2.45, 2.75) is 31.0 Å². The fourth-order valence-corrected chi connectivity index (χ4v) is 1.70. The predicted octanol–water partition coefficient (Wildman–Crippen LogP) is 3.19. The smallest absolute Gasteiger partial charge is 0.224 e. The number of hydrogen-bond acceptors (Lipinski definition) is 1. The molecule has 0 aromatic heterocycles. The molecule has 0 aliphatic carbocycles. The van der Waals surface area contributed by atoms with Crippen LogP contribution in [-0.2, 0) is 11.2 Å². The standard InChI is InChI=1S/C13H16BrF2NO/c1-2-10(14)5-6-17-13(18)7-9-3-4-11(15)8-12(9)16/h3-4,8,10H,2,5-7H2,1H3,(H,17,18). The van der Waals surface area contributed by atoms with E-state index >= 15 is 0 Å². The van der Waals surface area contributed by atoms with Crippen LogP contribution in [-0.4, -0.2) is 17.3 Å². The van der Waals surface area contributed by atoms with E-state index in [1.165, 1.54) is 6.07 Å². The van der Waals surface area contributed by atoms with Crippen LogP contribution in [0.4, 0.5) is 8.78 Å². The van der Waals surface area contributed by atoms with Crippen molar-refractivity contribution >= 4 is 21.8 Å². The van der Waals surface area contributed by atoms with Gasteiger partial charge in [-0.05, 0) is 24.5 Å². The number of nitrogens with one attached hydrogen (secondary N) is 1. The van der Waals surface area contributed by atoms with Crippen molar-refractivity contribution in [2.24, 2.45) is 0 Å². The zero-order valence-electron chi connectivity index (χ0n) is 10.2. The van der Waals surface area contributed by atoms with E-state index in [2.05, 4.69) is 28.2 Å². The normalized spacial score (nSPS) is 12.2. The SMILES string of the molecule is CCC(Br)CCNC(=O)Cc1ccc(F)cc1F. The Kier molecular flexibility index (Phi) is 6.25. The number of carbonyl (C=O) groups is 1. The summed E-state index contributed by atoms with van der Waals surface area (Å²) in [7, 11) is 0. The first-order valence-corrected chi connectivity index (χ1v) is 6.79. The summed E-state index contributed by atoms with van der Waals surface area (Å²) in [5, 5.41) is 2.71. The van der Waals surface area contributed by atoms with E-state index in [0.717, 1.165) is 25.0 Å². The molecule has 1 aromatic carbocycles. The zero-order chi connectivity index (χ0) is 13.5. The van der Waals surface area contributed by atoms with E-state index in [1.807, 2.05) is 0 Å². The van der Waals surface area contributed by atoms with Gasteiger partial charge in [0.15, 0.2) is 0 Å². The minimum Gasteiger partial charge on any atom is -0.356 e. The number of alkyl halides is 1. The molecule has 0 spiro atoms. The topological polar surface area (TPSA) is 29.1 Å². The Balaban J connectivity index is 2.40. The quantitative estimate of drug-likeness (QED) is 0.802. The first kappa shape index (κ1) is 15.1. The second kappa shape index (κ2) is 7.46. The Hall–Kier alpha value is -0.970. The lowest BCUT2D eigenvalue weighted by molar-refractivity contribution is -0.120. The molecule has 100 valence electrons. The molecule has 1 rings (SSSR count). The van der Waals surface area contributed by atoms with Crippen LogP contribution in [0.3, 0.4) is 0 Å². The molecule has 2 nitrogen and oxygen atoms in total. The summed E-state index contributed by atoms with van der Waals surface area (Å²) in [5.41, 5.74) is 0.208. The number of rotatable bonds is 6. The van der Waals surface area contributed by atoms with Gasteiger partial charge in [-0.3, -0.25) is 4.79 Å². The van der Waals surface area contributed by atoms with Crippen LogP contribution in [0.25, 0.3) is 0 Å². The monoisotopic (exact) mass is 319 g/mol. The third-order valence-corrected chi connectivity index (χ3v) is 3.69. The second-order valence-corrected chi connectivity index (χ2v) is 5.35. The average molecular weight is 320 g/mol. The Morgan fingerprint density at radius 2 is 2.17 bits per heavy atom. The third kappa shape index (κ3) is 5.12. The van der Waals surface area contributed by atoms with Crippen molar-refractivity contribution < 1.29 is 13.6 Å². The number of halogens is 3. The maximum absolute atomic E-state index is 13.3. The molecular formula is C13H16BrF2NO. The van der Waals surface area contributed by atoms with Gasteiger partial charge in [-0.2, -0.15) is 0 Å². The van der Waals surface area contributed by atoms with E-state index in [0.29, 0.717) is 11.4 Å². The summed E-state index contributed by atoms with van der Waals surface area (Å²) in [6.07, 6.45) is 1.75. The second-order valence-electron chi connectivity index (χ2n) is 4.06. The van der Waals surface area contributed by atoms with Crippen LogP contribution in [0.2, 0.25) is 0 Å². The van der Waals surface area contributed by atoms with E-state index in [9.17, 15) is 13.6 Å². The molecule has 1 aromatic rings. The summed E-state index contributed by atoms with van der Waals surface area (Å²) in [4.78, 5) is 11.9. The lowest BCUT2D eigenvalue weighted by Crippen LogP contribution is -2.27. The van der Waals surface area contributed by atoms with Crippen LogP contribution in [0.1, 0.15) is 25.3 Å². The van der Waals surface area contributed by atoms with E-state index in [-0.39, 0.29) is 17.9 Å². The average Bonchev–Trinajstić information content (AvgIpc) is 2.32. The first-order chi connectivity index (χ1) is 8.52. The Morgan fingerprint density at radius 1 is 1.44 bits per heavy atom. The van der Waals surface area contributed by atoms with Gasteiger partial charge in [-0.1, -0.05) is 28.9 Å². The molecule has 0 fully saturated rings. The summed E-state index contributed by atoms with van der Waals surface area (Å²) >= 11 is 3.46. The highest BCUT2D eigenvalue weighted by Gasteiger charge is 2.09. The summed E-state index contributed by atoms with van der Waals surface area (Å²) in [5.74, 6) is -1.57. The summed E-state index contributed by atoms with van der Waals surface area (Å²) < 4.78 is 26.0. The van der Waals surface area contributed by atoms with Crippen molar-refractivity contribution in [3.63, 3.8) is 0 Å². The molecule has 1 amide bonds. The number of carbonyl (C=O) groups excluding carboxylic acids is 1. The van der Waals surface area contributed by atoms with Crippen molar-refractivity contribution in [1.29, 1.82) is 0 Å². The molecule has 0 saturated heterocycles. The van der Waals surface area contributed by atoms with Crippen molar-refractivity contribution in [3.05, 3.63) is 35.4 Å². The van der Waals surface area contributed by atoms with Gasteiger partial charge >= 0.3 is 0 Å². The molecule has 0 aliphatic rings. The van der Waals surface area contributed by atoms with E-state index < -0.39 is 11.6 Å². The summed E-state index contributed by atoms with van der Waals surface area (Å²) in [6, 6.07) is 3.23. The number of amides is 1. The van der Waals surface area contributed by atoms with Gasteiger partial charge in [0.1, 0.15) is 11.6 Å². The van der Waals surface area contributed by atoms with Crippen molar-refractivity contribution in [3.8, 4) is 0 Å². The molecular weight excluding hydrogens is 304 g/mol. The maximum atomic E-state index is 13.3. The van der Waals surface area contributed by atoms with Gasteiger partial charge in [-0.25, -0.2) is 8.78 Å². The van der Waals surface area contributed by atoms with E-state index in [1.54, 1.807) is 0 Å². The highest BCUT2D eigenvalue weighted by molar-refractivity contribution is 9.09. The van der Waals surface area contributed by atoms with Crippen LogP contribution < -0.4 is 5.32 Å². The molecule has 0 heterocycles. The Labute approximate surface area is 114 Å². The van der Waals surface area contributed by atoms with Gasteiger partial charge in [0, 0.05) is 17.4 Å². The molecule has 1 N–H and O–H groups in total. The summed E-state index contributed by atoms with van der Waals surface area (Å²) in [6.45, 7) is 2.60. The Morgan fingerprint density at radius 3 is 2.78 bits per heavy atom. The third-order valence-electron chi connectivity index (χ3n) is 2.59. The molecule has 5 heteroatoms. The lowest BCUT2D eigenvalue weighted by atomic mass is 10.1. The molecule has 1 unspecified atom stereocenters. The molecule has 18 heavy (non-hydrogen) atoms. The molecule has 0 aliphatic heterocycles. The van der Waals surface area contributed by atoms with Gasteiger partial charge in [0.25, 0.3) is 0 Å².